The van der Waals surface area contributed by atoms with Crippen LogP contribution in [0, 0.1) is 6.57 Å². The molecule has 0 aliphatic heterocycles. The third kappa shape index (κ3) is 1.50. The Labute approximate surface area is 36.5 Å². The Hall–Kier alpha value is -0.810. The van der Waals surface area contributed by atoms with Crippen molar-refractivity contribution < 1.29 is 5.11 Å². The normalized spacial score (nSPS) is 6.67. The van der Waals surface area contributed by atoms with Crippen molar-refractivity contribution >= 4 is 0 Å². The van der Waals surface area contributed by atoms with Gasteiger partial charge in [0.1, 0.15) is 0 Å². The predicted molar refractivity (Wildman–Crippen MR) is 22.8 cm³/mol. The van der Waals surface area contributed by atoms with E-state index < -0.39 is 0 Å². The van der Waals surface area contributed by atoms with Crippen LogP contribution in [-0.2, 0) is 0 Å². The molecule has 0 unspecified atom stereocenters. The zero-order chi connectivity index (χ0) is 4.99. The Kier molecular flexibility index (Phi) is 2.10. The summed E-state index contributed by atoms with van der Waals surface area (Å²) in [6, 6.07) is 0. The highest BCUT2D eigenvalue weighted by atomic mass is 16.3. The molecule has 0 bridgehead atoms. The molecule has 0 spiro atoms. The van der Waals surface area contributed by atoms with Crippen molar-refractivity contribution in [2.45, 2.75) is 0 Å². The molecule has 32 valence electrons. The number of hydrogen-bond acceptors (Lipinski definition) is 1. The molecule has 0 rings (SSSR count). The third-order valence-corrected chi connectivity index (χ3v) is 0.341. The molecular weight excluding hydrogens is 78.0 g/mol. The van der Waals surface area contributed by atoms with E-state index in [0.29, 0.717) is 0 Å². The van der Waals surface area contributed by atoms with Crippen LogP contribution in [0.1, 0.15) is 0 Å². The predicted octanol–water partition coefficient (Wildman–Crippen LogP) is 0.412. The minimum atomic E-state index is -0.219. The molecule has 1 N–H and O–H groups in total. The van der Waals surface area contributed by atoms with Crippen molar-refractivity contribution in [1.82, 2.24) is 0 Å². The number of aliphatic hydroxyl groups is 1. The van der Waals surface area contributed by atoms with Gasteiger partial charge in [-0.25, -0.2) is 4.85 Å². The number of rotatable bonds is 1. The first-order valence-corrected chi connectivity index (χ1v) is 1.47. The van der Waals surface area contributed by atoms with Crippen LogP contribution < -0.4 is 0 Å². The highest BCUT2D eigenvalue weighted by Gasteiger charge is 1.79. The minimum Gasteiger partial charge on any atom is -0.403 e. The Morgan fingerprint density at radius 2 is 2.50 bits per heavy atom. The van der Waals surface area contributed by atoms with Crippen LogP contribution in [0.3, 0.4) is 0 Å². The van der Waals surface area contributed by atoms with Gasteiger partial charge in [-0.1, -0.05) is 6.58 Å². The van der Waals surface area contributed by atoms with E-state index in [1.807, 2.05) is 0 Å². The molecule has 0 aliphatic carbocycles. The molecule has 6 heavy (non-hydrogen) atoms. The maximum absolute atomic E-state index is 8.02. The molecule has 0 heterocycles. The van der Waals surface area contributed by atoms with Gasteiger partial charge in [-0.15, -0.1) is 0 Å². The SMILES string of the molecule is [C-]#[N+]C(=C)CO. The Balaban J connectivity index is 3.33. The summed E-state index contributed by atoms with van der Waals surface area (Å²) in [5.41, 5.74) is 0.190. The first-order chi connectivity index (χ1) is 2.81. The number of hydrogen-bond donors (Lipinski definition) is 1. The van der Waals surface area contributed by atoms with Gasteiger partial charge >= 0.3 is 0 Å². The summed E-state index contributed by atoms with van der Waals surface area (Å²) >= 11 is 0. The zero-order valence-corrected chi connectivity index (χ0v) is 3.31. The van der Waals surface area contributed by atoms with E-state index in [9.17, 15) is 0 Å². The highest BCUT2D eigenvalue weighted by molar-refractivity contribution is 5.02. The second-order valence-corrected chi connectivity index (χ2v) is 0.836. The third-order valence-electron chi connectivity index (χ3n) is 0.341. The number of nitrogens with zero attached hydrogens (tertiary/aromatic N) is 1. The van der Waals surface area contributed by atoms with Crippen LogP contribution in [-0.4, -0.2) is 11.7 Å². The van der Waals surface area contributed by atoms with Gasteiger partial charge in [-0.2, -0.15) is 0 Å². The molecule has 2 nitrogen and oxygen atoms in total. The lowest BCUT2D eigenvalue weighted by Gasteiger charge is -1.76. The van der Waals surface area contributed by atoms with E-state index in [1.165, 1.54) is 0 Å². The standard InChI is InChI=1S/C4H5NO/c1-4(3-6)5-2/h6H,1,3H2. The summed E-state index contributed by atoms with van der Waals surface area (Å²) in [6.07, 6.45) is 0. The van der Waals surface area contributed by atoms with E-state index in [-0.39, 0.29) is 12.3 Å². The second kappa shape index (κ2) is 2.43. The lowest BCUT2D eigenvalue weighted by molar-refractivity contribution is 0.335. The van der Waals surface area contributed by atoms with Crippen molar-refractivity contribution in [1.29, 1.82) is 0 Å². The largest absolute Gasteiger partial charge is 0.403 e. The van der Waals surface area contributed by atoms with E-state index in [1.54, 1.807) is 0 Å². The van der Waals surface area contributed by atoms with Crippen molar-refractivity contribution in [3.05, 3.63) is 23.7 Å². The maximum Gasteiger partial charge on any atom is 0.183 e. The van der Waals surface area contributed by atoms with Crippen LogP contribution >= 0.6 is 0 Å². The Morgan fingerprint density at radius 1 is 2.00 bits per heavy atom. The molecule has 0 aromatic rings. The van der Waals surface area contributed by atoms with Crippen LogP contribution in [0.25, 0.3) is 4.85 Å². The first kappa shape index (κ1) is 5.19. The summed E-state index contributed by atoms with van der Waals surface area (Å²) in [5.74, 6) is 0. The lowest BCUT2D eigenvalue weighted by atomic mass is 10.6. The van der Waals surface area contributed by atoms with E-state index >= 15 is 0 Å². The average molecular weight is 83.1 g/mol. The smallest absolute Gasteiger partial charge is 0.183 e. The zero-order valence-electron chi connectivity index (χ0n) is 3.31. The molecular formula is C4H5NO. The lowest BCUT2D eigenvalue weighted by Crippen LogP contribution is -1.77. The van der Waals surface area contributed by atoms with Crippen LogP contribution in [0.5, 0.6) is 0 Å². The topological polar surface area (TPSA) is 24.6 Å². The Bertz CT molecular complexity index is 90.2. The van der Waals surface area contributed by atoms with Gasteiger partial charge in [0.2, 0.25) is 0 Å². The molecule has 0 aliphatic rings. The highest BCUT2D eigenvalue weighted by Crippen LogP contribution is 1.83. The van der Waals surface area contributed by atoms with E-state index in [4.69, 9.17) is 11.7 Å². The minimum absolute atomic E-state index is 0.190. The molecule has 0 atom stereocenters. The van der Waals surface area contributed by atoms with Crippen molar-refractivity contribution in [3.63, 3.8) is 0 Å². The monoisotopic (exact) mass is 83.0 g/mol. The summed E-state index contributed by atoms with van der Waals surface area (Å²) in [6.45, 7) is 9.14. The van der Waals surface area contributed by atoms with E-state index in [2.05, 4.69) is 11.4 Å². The van der Waals surface area contributed by atoms with Crippen molar-refractivity contribution in [3.8, 4) is 0 Å². The fraction of sp³-hybridized carbons (Fsp3) is 0.250. The first-order valence-electron chi connectivity index (χ1n) is 1.47. The summed E-state index contributed by atoms with van der Waals surface area (Å²) in [5, 5.41) is 8.02. The molecule has 0 fully saturated rings. The molecule has 0 aromatic heterocycles. The van der Waals surface area contributed by atoms with Gasteiger partial charge in [-0.05, 0) is 0 Å². The van der Waals surface area contributed by atoms with Crippen molar-refractivity contribution in [2.75, 3.05) is 6.61 Å². The molecule has 0 radical (unpaired) electrons. The van der Waals surface area contributed by atoms with Gasteiger partial charge in [0.05, 0.1) is 13.2 Å². The summed E-state index contributed by atoms with van der Waals surface area (Å²) < 4.78 is 0. The molecule has 0 saturated heterocycles. The quantitative estimate of drug-likeness (QED) is 0.456. The summed E-state index contributed by atoms with van der Waals surface area (Å²) in [7, 11) is 0. The molecule has 0 saturated carbocycles. The molecule has 0 amide bonds. The second-order valence-electron chi connectivity index (χ2n) is 0.836. The Morgan fingerprint density at radius 3 is 2.50 bits per heavy atom. The molecule has 2 heteroatoms. The average Bonchev–Trinajstić information content (AvgIpc) is 1.65. The fourth-order valence-corrected chi connectivity index (χ4v) is 0.0354. The van der Waals surface area contributed by atoms with Gasteiger partial charge < -0.3 is 5.11 Å². The van der Waals surface area contributed by atoms with E-state index in [0.717, 1.165) is 0 Å². The maximum atomic E-state index is 8.02. The van der Waals surface area contributed by atoms with Crippen LogP contribution in [0.15, 0.2) is 12.3 Å². The fourth-order valence-electron chi connectivity index (χ4n) is 0.0354. The van der Waals surface area contributed by atoms with Gasteiger partial charge in [0.25, 0.3) is 0 Å². The summed E-state index contributed by atoms with van der Waals surface area (Å²) in [4.78, 5) is 2.81. The van der Waals surface area contributed by atoms with Gasteiger partial charge in [0, 0.05) is 0 Å². The van der Waals surface area contributed by atoms with Gasteiger partial charge in [0.15, 0.2) is 5.70 Å². The number of aliphatic hydroxyl groups excluding tert-OH is 1. The van der Waals surface area contributed by atoms with Gasteiger partial charge in [-0.3, -0.25) is 0 Å². The van der Waals surface area contributed by atoms with Crippen molar-refractivity contribution in [2.24, 2.45) is 0 Å². The molecule has 0 aromatic carbocycles. The van der Waals surface area contributed by atoms with Crippen LogP contribution in [0.2, 0.25) is 0 Å². The van der Waals surface area contributed by atoms with Crippen LogP contribution in [0.4, 0.5) is 0 Å².